The van der Waals surface area contributed by atoms with Crippen LogP contribution in [-0.4, -0.2) is 32.2 Å². The van der Waals surface area contributed by atoms with Crippen LogP contribution in [0.1, 0.15) is 31.0 Å². The van der Waals surface area contributed by atoms with Gasteiger partial charge in [-0.15, -0.1) is 0 Å². The van der Waals surface area contributed by atoms with Crippen molar-refractivity contribution < 1.29 is 4.21 Å². The highest BCUT2D eigenvalue weighted by molar-refractivity contribution is 7.84. The third-order valence-electron chi connectivity index (χ3n) is 3.25. The fourth-order valence-corrected chi connectivity index (χ4v) is 2.35. The Balaban J connectivity index is 2.08. The molecule has 0 amide bonds. The van der Waals surface area contributed by atoms with Gasteiger partial charge in [0, 0.05) is 40.1 Å². The number of fused-ring (bicyclic) bond motifs is 1. The number of aromatic nitrogens is 2. The molecule has 1 N–H and O–H groups in total. The van der Waals surface area contributed by atoms with Gasteiger partial charge >= 0.3 is 0 Å². The van der Waals surface area contributed by atoms with Crippen LogP contribution in [0.25, 0.3) is 0 Å². The maximum absolute atomic E-state index is 11.3. The highest BCUT2D eigenvalue weighted by Crippen LogP contribution is 2.24. The normalized spacial score (nSPS) is 18.2. The highest BCUT2D eigenvalue weighted by atomic mass is 32.2. The van der Waals surface area contributed by atoms with Gasteiger partial charge in [0.2, 0.25) is 0 Å². The van der Waals surface area contributed by atoms with Crippen LogP contribution in [0.2, 0.25) is 0 Å². The molecule has 1 aromatic heterocycles. The molecule has 0 aliphatic heterocycles. The quantitative estimate of drug-likeness (QED) is 0.884. The molecule has 0 aromatic carbocycles. The number of nitrogens with zero attached hydrogens (tertiary/aromatic N) is 2. The van der Waals surface area contributed by atoms with Crippen molar-refractivity contribution in [2.45, 2.75) is 37.9 Å². The van der Waals surface area contributed by atoms with Gasteiger partial charge in [0.25, 0.3) is 0 Å². The van der Waals surface area contributed by atoms with Gasteiger partial charge in [0.05, 0.1) is 0 Å². The van der Waals surface area contributed by atoms with Crippen LogP contribution in [0.4, 0.5) is 5.82 Å². The minimum Gasteiger partial charge on any atom is -0.369 e. The summed E-state index contributed by atoms with van der Waals surface area (Å²) in [4.78, 5) is 8.63. The molecule has 4 nitrogen and oxygen atoms in total. The van der Waals surface area contributed by atoms with Crippen LogP contribution < -0.4 is 5.32 Å². The largest absolute Gasteiger partial charge is 0.369 e. The lowest BCUT2D eigenvalue weighted by atomic mass is 9.96. The molecule has 94 valence electrons. The van der Waals surface area contributed by atoms with E-state index in [1.54, 1.807) is 12.6 Å². The highest BCUT2D eigenvalue weighted by Gasteiger charge is 2.16. The topological polar surface area (TPSA) is 54.9 Å². The molecule has 0 bridgehead atoms. The lowest BCUT2D eigenvalue weighted by molar-refractivity contribution is 0.662. The molecule has 0 fully saturated rings. The third kappa shape index (κ3) is 3.03. The lowest BCUT2D eigenvalue weighted by Crippen LogP contribution is -2.22. The van der Waals surface area contributed by atoms with E-state index in [0.717, 1.165) is 18.7 Å². The molecule has 2 atom stereocenters. The van der Waals surface area contributed by atoms with Crippen molar-refractivity contribution in [3.8, 4) is 0 Å². The standard InChI is InChI=1S/C12H19N3OS/c1-9(17(2)16)7-13-12-10-5-3-4-6-11(10)14-8-15-12/h8-9H,3-7H2,1-2H3,(H,13,14,15). The fourth-order valence-electron chi connectivity index (χ4n) is 2.03. The van der Waals surface area contributed by atoms with E-state index in [1.807, 2.05) is 6.92 Å². The predicted octanol–water partition coefficient (Wildman–Crippen LogP) is 1.53. The van der Waals surface area contributed by atoms with Crippen molar-refractivity contribution in [1.29, 1.82) is 0 Å². The van der Waals surface area contributed by atoms with Crippen LogP contribution in [0.3, 0.4) is 0 Å². The first-order valence-electron chi connectivity index (χ1n) is 6.07. The second kappa shape index (κ2) is 5.58. The van der Waals surface area contributed by atoms with Crippen LogP contribution >= 0.6 is 0 Å². The Hall–Kier alpha value is -0.970. The molecule has 0 radical (unpaired) electrons. The van der Waals surface area contributed by atoms with E-state index in [9.17, 15) is 4.21 Å². The molecule has 1 aliphatic rings. The Morgan fingerprint density at radius 1 is 1.41 bits per heavy atom. The number of nitrogens with one attached hydrogen (secondary N) is 1. The second-order valence-corrected chi connectivity index (χ2v) is 6.35. The van der Waals surface area contributed by atoms with Gasteiger partial charge in [-0.25, -0.2) is 9.97 Å². The molecular formula is C12H19N3OS. The minimum absolute atomic E-state index is 0.143. The van der Waals surface area contributed by atoms with Crippen LogP contribution in [0.5, 0.6) is 0 Å². The summed E-state index contributed by atoms with van der Waals surface area (Å²) in [5, 5.41) is 3.45. The van der Waals surface area contributed by atoms with Crippen molar-refractivity contribution in [3.05, 3.63) is 17.6 Å². The zero-order valence-electron chi connectivity index (χ0n) is 10.4. The van der Waals surface area contributed by atoms with Crippen LogP contribution in [0.15, 0.2) is 6.33 Å². The summed E-state index contributed by atoms with van der Waals surface area (Å²) in [6.45, 7) is 2.68. The summed E-state index contributed by atoms with van der Waals surface area (Å²) in [5.74, 6) is 0.937. The van der Waals surface area contributed by atoms with Crippen molar-refractivity contribution in [2.24, 2.45) is 0 Å². The zero-order valence-corrected chi connectivity index (χ0v) is 11.2. The van der Waals surface area contributed by atoms with E-state index in [-0.39, 0.29) is 5.25 Å². The zero-order chi connectivity index (χ0) is 12.3. The van der Waals surface area contributed by atoms with Crippen LogP contribution in [0, 0.1) is 0 Å². The number of anilines is 1. The van der Waals surface area contributed by atoms with E-state index in [1.165, 1.54) is 24.1 Å². The van der Waals surface area contributed by atoms with Gasteiger partial charge in [-0.2, -0.15) is 0 Å². The first-order valence-corrected chi connectivity index (χ1v) is 7.69. The maximum atomic E-state index is 11.3. The molecule has 1 heterocycles. The molecular weight excluding hydrogens is 234 g/mol. The van der Waals surface area contributed by atoms with Crippen molar-refractivity contribution in [1.82, 2.24) is 9.97 Å². The average molecular weight is 253 g/mol. The van der Waals surface area contributed by atoms with Gasteiger partial charge in [0.15, 0.2) is 0 Å². The van der Waals surface area contributed by atoms with Crippen molar-refractivity contribution >= 4 is 16.6 Å². The molecule has 5 heteroatoms. The lowest BCUT2D eigenvalue weighted by Gasteiger charge is -2.19. The number of rotatable bonds is 4. The summed E-state index contributed by atoms with van der Waals surface area (Å²) in [7, 11) is -0.792. The first kappa shape index (κ1) is 12.5. The van der Waals surface area contributed by atoms with E-state index in [4.69, 9.17) is 0 Å². The van der Waals surface area contributed by atoms with Gasteiger partial charge in [0.1, 0.15) is 12.1 Å². The van der Waals surface area contributed by atoms with Crippen molar-refractivity contribution in [3.63, 3.8) is 0 Å². The van der Waals surface area contributed by atoms with E-state index in [2.05, 4.69) is 15.3 Å². The molecule has 2 unspecified atom stereocenters. The Bertz CT molecular complexity index is 422. The Labute approximate surface area is 105 Å². The monoisotopic (exact) mass is 253 g/mol. The summed E-state index contributed by atoms with van der Waals surface area (Å²) < 4.78 is 11.3. The summed E-state index contributed by atoms with van der Waals surface area (Å²) in [6, 6.07) is 0. The summed E-state index contributed by atoms with van der Waals surface area (Å²) in [5.41, 5.74) is 2.44. The molecule has 0 saturated heterocycles. The SMILES string of the molecule is CC(CNc1ncnc2c1CCCC2)S(C)=O. The first-order chi connectivity index (χ1) is 8.18. The van der Waals surface area contributed by atoms with Crippen molar-refractivity contribution in [2.75, 3.05) is 18.1 Å². The number of aryl methyl sites for hydroxylation is 1. The molecule has 2 rings (SSSR count). The summed E-state index contributed by atoms with van der Waals surface area (Å²) >= 11 is 0. The second-order valence-electron chi connectivity index (χ2n) is 4.54. The Morgan fingerprint density at radius 2 is 2.18 bits per heavy atom. The van der Waals surface area contributed by atoms with Gasteiger partial charge in [-0.05, 0) is 32.6 Å². The number of hydrogen-bond acceptors (Lipinski definition) is 4. The van der Waals surface area contributed by atoms with Crippen LogP contribution in [-0.2, 0) is 23.6 Å². The Kier molecular flexibility index (Phi) is 4.10. The minimum atomic E-state index is -0.792. The average Bonchev–Trinajstić information content (AvgIpc) is 2.35. The van der Waals surface area contributed by atoms with Gasteiger partial charge in [-0.1, -0.05) is 0 Å². The number of hydrogen-bond donors (Lipinski definition) is 1. The molecule has 1 aromatic rings. The maximum Gasteiger partial charge on any atom is 0.132 e. The summed E-state index contributed by atoms with van der Waals surface area (Å²) in [6.07, 6.45) is 7.91. The van der Waals surface area contributed by atoms with E-state index < -0.39 is 10.8 Å². The fraction of sp³-hybridized carbons (Fsp3) is 0.667. The molecule has 0 saturated carbocycles. The third-order valence-corrected chi connectivity index (χ3v) is 4.55. The van der Waals surface area contributed by atoms with E-state index >= 15 is 0 Å². The predicted molar refractivity (Wildman–Crippen MR) is 70.7 cm³/mol. The van der Waals surface area contributed by atoms with Gasteiger partial charge < -0.3 is 5.32 Å². The van der Waals surface area contributed by atoms with Gasteiger partial charge in [-0.3, -0.25) is 4.21 Å². The smallest absolute Gasteiger partial charge is 0.132 e. The Morgan fingerprint density at radius 3 is 2.94 bits per heavy atom. The van der Waals surface area contributed by atoms with E-state index in [0.29, 0.717) is 6.54 Å². The molecule has 17 heavy (non-hydrogen) atoms. The molecule has 1 aliphatic carbocycles. The molecule has 0 spiro atoms.